The van der Waals surface area contributed by atoms with Gasteiger partial charge in [0.05, 0.1) is 6.61 Å². The molecule has 2 aromatic rings. The van der Waals surface area contributed by atoms with Crippen molar-refractivity contribution in [3.63, 3.8) is 0 Å². The summed E-state index contributed by atoms with van der Waals surface area (Å²) in [7, 11) is -4.24. The van der Waals surface area contributed by atoms with Crippen molar-refractivity contribution in [1.82, 2.24) is 9.84 Å². The number of sulfonamides is 1. The fraction of sp³-hybridized carbons (Fsp3) is 0.458. The van der Waals surface area contributed by atoms with Crippen LogP contribution >= 0.6 is 0 Å². The summed E-state index contributed by atoms with van der Waals surface area (Å²) in [4.78, 5) is 13.9. The van der Waals surface area contributed by atoms with Gasteiger partial charge < -0.3 is 9.47 Å². The summed E-state index contributed by atoms with van der Waals surface area (Å²) >= 11 is 0. The molecule has 1 heterocycles. The SMILES string of the molecule is O=C(c1ccc(OCCC[C@@H]2CCN(NS(=O)(=O)c3ccccc3OC(F)(F)F)C2)cc1)C1CC1. The number of carbonyl (C=O) groups excluding carboxylic acids is 1. The van der Waals surface area contributed by atoms with Crippen LogP contribution in [0.15, 0.2) is 53.4 Å². The molecule has 190 valence electrons. The molecular weight excluding hydrogens is 485 g/mol. The van der Waals surface area contributed by atoms with Gasteiger partial charge in [0.25, 0.3) is 10.0 Å². The Hall–Kier alpha value is -2.63. The molecule has 2 aromatic carbocycles. The second-order valence-corrected chi connectivity index (χ2v) is 10.5. The van der Waals surface area contributed by atoms with Crippen LogP contribution in [0, 0.1) is 11.8 Å². The van der Waals surface area contributed by atoms with E-state index in [4.69, 9.17) is 4.74 Å². The molecule has 2 aliphatic rings. The van der Waals surface area contributed by atoms with Crippen LogP contribution in [0.5, 0.6) is 11.5 Å². The molecule has 1 atom stereocenters. The molecule has 1 saturated carbocycles. The number of rotatable bonds is 11. The van der Waals surface area contributed by atoms with Crippen LogP contribution < -0.4 is 14.3 Å². The molecule has 0 unspecified atom stereocenters. The number of ether oxygens (including phenoxy) is 2. The van der Waals surface area contributed by atoms with Crippen molar-refractivity contribution >= 4 is 15.8 Å². The lowest BCUT2D eigenvalue weighted by atomic mass is 10.0. The van der Waals surface area contributed by atoms with Crippen LogP contribution in [0.1, 0.15) is 42.5 Å². The summed E-state index contributed by atoms with van der Waals surface area (Å²) in [5, 5.41) is 1.50. The van der Waals surface area contributed by atoms with Crippen LogP contribution in [0.3, 0.4) is 0 Å². The van der Waals surface area contributed by atoms with Gasteiger partial charge in [-0.05, 0) is 74.4 Å². The summed E-state index contributed by atoms with van der Waals surface area (Å²) in [6, 6.07) is 11.8. The van der Waals surface area contributed by atoms with Crippen molar-refractivity contribution in [2.24, 2.45) is 11.8 Å². The number of carbonyl (C=O) groups is 1. The summed E-state index contributed by atoms with van der Waals surface area (Å²) in [6.45, 7) is 1.38. The lowest BCUT2D eigenvalue weighted by Crippen LogP contribution is -2.40. The Bertz CT molecular complexity index is 1130. The zero-order chi connectivity index (χ0) is 25.1. The highest BCUT2D eigenvalue weighted by molar-refractivity contribution is 7.89. The van der Waals surface area contributed by atoms with Gasteiger partial charge in [0.1, 0.15) is 16.4 Å². The maximum atomic E-state index is 12.7. The van der Waals surface area contributed by atoms with Crippen LogP contribution in [0.25, 0.3) is 0 Å². The Morgan fingerprint density at radius 3 is 2.46 bits per heavy atom. The topological polar surface area (TPSA) is 84.9 Å². The molecule has 0 bridgehead atoms. The average molecular weight is 513 g/mol. The lowest BCUT2D eigenvalue weighted by molar-refractivity contribution is -0.275. The van der Waals surface area contributed by atoms with E-state index in [-0.39, 0.29) is 17.6 Å². The van der Waals surface area contributed by atoms with Crippen molar-refractivity contribution in [2.45, 2.75) is 43.4 Å². The van der Waals surface area contributed by atoms with E-state index in [1.165, 1.54) is 17.1 Å². The standard InChI is InChI=1S/C24H27F3N2O5S/c25-24(26,27)34-21-5-1-2-6-22(21)35(31,32)28-29-14-13-17(16-29)4-3-15-33-20-11-9-19(10-12-20)23(30)18-7-8-18/h1-2,5-6,9-12,17-18,28H,3-4,7-8,13-16H2/t17-/m1/s1. The van der Waals surface area contributed by atoms with E-state index in [1.54, 1.807) is 24.3 Å². The maximum Gasteiger partial charge on any atom is 0.573 e. The van der Waals surface area contributed by atoms with E-state index >= 15 is 0 Å². The normalized spacial score (nSPS) is 19.0. The molecule has 2 fully saturated rings. The van der Waals surface area contributed by atoms with Gasteiger partial charge in [-0.3, -0.25) is 4.79 Å². The highest BCUT2D eigenvalue weighted by Gasteiger charge is 2.35. The average Bonchev–Trinajstić information content (AvgIpc) is 3.56. The molecule has 1 aliphatic heterocycles. The molecular formula is C24H27F3N2O5S. The largest absolute Gasteiger partial charge is 0.573 e. The monoisotopic (exact) mass is 512 g/mol. The van der Waals surface area contributed by atoms with Crippen LogP contribution in [-0.4, -0.2) is 45.3 Å². The minimum atomic E-state index is -5.00. The van der Waals surface area contributed by atoms with E-state index in [9.17, 15) is 26.4 Å². The van der Waals surface area contributed by atoms with Crippen molar-refractivity contribution < 1.29 is 35.9 Å². The minimum absolute atomic E-state index is 0.181. The van der Waals surface area contributed by atoms with Gasteiger partial charge in [-0.1, -0.05) is 12.1 Å². The summed E-state index contributed by atoms with van der Waals surface area (Å²) < 4.78 is 72.9. The molecule has 7 nitrogen and oxygen atoms in total. The predicted octanol–water partition coefficient (Wildman–Crippen LogP) is 4.55. The number of hydrogen-bond donors (Lipinski definition) is 1. The number of alkyl halides is 3. The van der Waals surface area contributed by atoms with Crippen LogP contribution in [-0.2, 0) is 10.0 Å². The number of para-hydroxylation sites is 1. The summed E-state index contributed by atoms with van der Waals surface area (Å²) in [5.74, 6) is 0.513. The molecule has 1 aliphatic carbocycles. The molecule has 1 saturated heterocycles. The number of ketones is 1. The number of benzene rings is 2. The van der Waals surface area contributed by atoms with Crippen LogP contribution in [0.4, 0.5) is 13.2 Å². The van der Waals surface area contributed by atoms with Gasteiger partial charge in [-0.2, -0.15) is 0 Å². The number of Topliss-reactive ketones (excluding diaryl/α,β-unsaturated/α-hetero) is 1. The van der Waals surface area contributed by atoms with Crippen molar-refractivity contribution in [3.05, 3.63) is 54.1 Å². The zero-order valence-electron chi connectivity index (χ0n) is 19.0. The number of hydrazine groups is 1. The molecule has 35 heavy (non-hydrogen) atoms. The quantitative estimate of drug-likeness (QED) is 0.351. The number of nitrogens with one attached hydrogen (secondary N) is 1. The minimum Gasteiger partial charge on any atom is -0.494 e. The first kappa shape index (κ1) is 25.5. The van der Waals surface area contributed by atoms with Crippen LogP contribution in [0.2, 0.25) is 0 Å². The van der Waals surface area contributed by atoms with Crippen molar-refractivity contribution in [2.75, 3.05) is 19.7 Å². The van der Waals surface area contributed by atoms with Gasteiger partial charge >= 0.3 is 6.36 Å². The number of halogens is 3. The third-order valence-electron chi connectivity index (χ3n) is 6.01. The van der Waals surface area contributed by atoms with E-state index in [2.05, 4.69) is 9.57 Å². The highest BCUT2D eigenvalue weighted by atomic mass is 32.2. The van der Waals surface area contributed by atoms with Gasteiger partial charge in [0.2, 0.25) is 0 Å². The molecule has 0 spiro atoms. The molecule has 1 N–H and O–H groups in total. The van der Waals surface area contributed by atoms with E-state index in [0.29, 0.717) is 31.0 Å². The first-order valence-corrected chi connectivity index (χ1v) is 13.0. The van der Waals surface area contributed by atoms with Gasteiger partial charge in [0, 0.05) is 24.6 Å². The Kier molecular flexibility index (Phi) is 7.67. The Morgan fingerprint density at radius 1 is 1.06 bits per heavy atom. The second-order valence-electron chi connectivity index (χ2n) is 8.84. The number of hydrogen-bond acceptors (Lipinski definition) is 6. The third-order valence-corrected chi connectivity index (χ3v) is 7.43. The molecule has 4 rings (SSSR count). The first-order valence-electron chi connectivity index (χ1n) is 11.5. The Labute approximate surface area is 202 Å². The van der Waals surface area contributed by atoms with Crippen molar-refractivity contribution in [3.8, 4) is 11.5 Å². The number of nitrogens with zero attached hydrogens (tertiary/aromatic N) is 1. The predicted molar refractivity (Wildman–Crippen MR) is 121 cm³/mol. The Morgan fingerprint density at radius 2 is 1.77 bits per heavy atom. The smallest absolute Gasteiger partial charge is 0.494 e. The summed E-state index contributed by atoms with van der Waals surface area (Å²) in [5.41, 5.74) is 0.709. The molecule has 11 heteroatoms. The molecule has 0 amide bonds. The first-order chi connectivity index (χ1) is 16.6. The second kappa shape index (κ2) is 10.5. The molecule has 0 radical (unpaired) electrons. The van der Waals surface area contributed by atoms with E-state index in [1.807, 2.05) is 0 Å². The fourth-order valence-electron chi connectivity index (χ4n) is 4.11. The summed E-state index contributed by atoms with van der Waals surface area (Å²) in [6.07, 6.45) is -0.738. The highest BCUT2D eigenvalue weighted by Crippen LogP contribution is 2.33. The van der Waals surface area contributed by atoms with Gasteiger partial charge in [-0.15, -0.1) is 18.0 Å². The molecule has 0 aromatic heterocycles. The fourth-order valence-corrected chi connectivity index (χ4v) is 5.35. The maximum absolute atomic E-state index is 12.7. The van der Waals surface area contributed by atoms with Gasteiger partial charge in [-0.25, -0.2) is 13.4 Å². The van der Waals surface area contributed by atoms with Crippen molar-refractivity contribution in [1.29, 1.82) is 0 Å². The lowest BCUT2D eigenvalue weighted by Gasteiger charge is -2.19. The van der Waals surface area contributed by atoms with E-state index < -0.39 is 27.0 Å². The zero-order valence-corrected chi connectivity index (χ0v) is 19.8. The van der Waals surface area contributed by atoms with Gasteiger partial charge in [0.15, 0.2) is 5.78 Å². The van der Waals surface area contributed by atoms with E-state index in [0.717, 1.165) is 44.2 Å². The Balaban J connectivity index is 1.21. The third kappa shape index (κ3) is 7.18.